The van der Waals surface area contributed by atoms with Gasteiger partial charge in [0.25, 0.3) is 0 Å². The lowest BCUT2D eigenvalue weighted by Gasteiger charge is -2.03. The van der Waals surface area contributed by atoms with Gasteiger partial charge in [-0.2, -0.15) is 0 Å². The van der Waals surface area contributed by atoms with E-state index >= 15 is 0 Å². The fourth-order valence-corrected chi connectivity index (χ4v) is 4.30. The van der Waals surface area contributed by atoms with E-state index in [1.165, 1.54) is 4.57 Å². The minimum atomic E-state index is -0.924. The first-order valence-electron chi connectivity index (χ1n) is 8.10. The van der Waals surface area contributed by atoms with Gasteiger partial charge in [0.2, 0.25) is 0 Å². The van der Waals surface area contributed by atoms with E-state index in [1.54, 1.807) is 15.9 Å². The number of halogens is 1. The summed E-state index contributed by atoms with van der Waals surface area (Å²) in [6.45, 7) is 0.567. The van der Waals surface area contributed by atoms with E-state index in [2.05, 4.69) is 0 Å². The number of para-hydroxylation sites is 2. The van der Waals surface area contributed by atoms with Crippen LogP contribution in [-0.2, 0) is 17.9 Å². The van der Waals surface area contributed by atoms with Crippen molar-refractivity contribution in [3.8, 4) is 0 Å². The summed E-state index contributed by atoms with van der Waals surface area (Å²) in [7, 11) is 0. The summed E-state index contributed by atoms with van der Waals surface area (Å²) in [4.78, 5) is 23.9. The Balaban J connectivity index is 1.83. The van der Waals surface area contributed by atoms with Gasteiger partial charge < -0.3 is 5.11 Å². The maximum atomic E-state index is 12.9. The van der Waals surface area contributed by atoms with Gasteiger partial charge in [-0.3, -0.25) is 13.9 Å². The molecule has 26 heavy (non-hydrogen) atoms. The molecule has 4 rings (SSSR count). The molecule has 132 valence electrons. The normalized spacial score (nSPS) is 11.4. The third-order valence-electron chi connectivity index (χ3n) is 4.42. The molecule has 0 spiro atoms. The summed E-state index contributed by atoms with van der Waals surface area (Å²) in [5.41, 5.74) is 2.37. The number of rotatable bonds is 5. The molecule has 1 N–H and O–H groups in total. The topological polar surface area (TPSA) is 64.2 Å². The van der Waals surface area contributed by atoms with Gasteiger partial charge >= 0.3 is 11.7 Å². The molecule has 0 aliphatic heterocycles. The van der Waals surface area contributed by atoms with E-state index < -0.39 is 5.97 Å². The number of aromatic nitrogens is 2. The van der Waals surface area contributed by atoms with Crippen molar-refractivity contribution in [2.45, 2.75) is 19.5 Å². The van der Waals surface area contributed by atoms with Crippen LogP contribution in [0.3, 0.4) is 0 Å². The van der Waals surface area contributed by atoms with Crippen LogP contribution < -0.4 is 5.69 Å². The van der Waals surface area contributed by atoms with Crippen LogP contribution in [-0.4, -0.2) is 20.2 Å². The quantitative estimate of drug-likeness (QED) is 0.559. The highest BCUT2D eigenvalue weighted by molar-refractivity contribution is 7.17. The van der Waals surface area contributed by atoms with E-state index in [0.29, 0.717) is 11.6 Å². The molecule has 7 heteroatoms. The van der Waals surface area contributed by atoms with Crippen molar-refractivity contribution in [2.24, 2.45) is 0 Å². The second kappa shape index (κ2) is 6.63. The fraction of sp³-hybridized carbons (Fsp3) is 0.158. The molecule has 5 nitrogen and oxygen atoms in total. The maximum Gasteiger partial charge on any atom is 0.329 e. The van der Waals surface area contributed by atoms with Crippen LogP contribution in [0.1, 0.15) is 12.0 Å². The molecule has 0 atom stereocenters. The number of aliphatic carboxylic acids is 1. The lowest BCUT2D eigenvalue weighted by molar-refractivity contribution is -0.137. The van der Waals surface area contributed by atoms with Gasteiger partial charge in [-0.25, -0.2) is 4.79 Å². The van der Waals surface area contributed by atoms with E-state index in [4.69, 9.17) is 16.7 Å². The van der Waals surface area contributed by atoms with Crippen molar-refractivity contribution in [2.75, 3.05) is 0 Å². The highest BCUT2D eigenvalue weighted by Gasteiger charge is 2.15. The summed E-state index contributed by atoms with van der Waals surface area (Å²) in [5.74, 6) is -0.924. The summed E-state index contributed by atoms with van der Waals surface area (Å²) in [6.07, 6.45) is -0.0924. The number of aryl methyl sites for hydroxylation is 1. The number of carbonyl (C=O) groups is 1. The monoisotopic (exact) mass is 386 g/mol. The smallest absolute Gasteiger partial charge is 0.329 e. The van der Waals surface area contributed by atoms with E-state index in [-0.39, 0.29) is 18.7 Å². The number of carboxylic acid groups (broad SMARTS) is 1. The summed E-state index contributed by atoms with van der Waals surface area (Å²) < 4.78 is 4.34. The SMILES string of the molecule is O=C(O)CCn1c(=O)n(Cc2csc3ccc(Cl)cc23)c2ccccc21. The van der Waals surface area contributed by atoms with Crippen molar-refractivity contribution >= 4 is 50.0 Å². The highest BCUT2D eigenvalue weighted by atomic mass is 35.5. The first-order valence-corrected chi connectivity index (χ1v) is 9.36. The zero-order valence-corrected chi connectivity index (χ0v) is 15.3. The molecule has 4 aromatic rings. The average molecular weight is 387 g/mol. The zero-order valence-electron chi connectivity index (χ0n) is 13.7. The van der Waals surface area contributed by atoms with Gasteiger partial charge in [-0.15, -0.1) is 11.3 Å². The molecule has 0 bridgehead atoms. The molecule has 0 radical (unpaired) electrons. The predicted octanol–water partition coefficient (Wildman–Crippen LogP) is 4.19. The predicted molar refractivity (Wildman–Crippen MR) is 104 cm³/mol. The Morgan fingerprint density at radius 3 is 2.58 bits per heavy atom. The molecule has 0 saturated carbocycles. The number of nitrogens with zero attached hydrogens (tertiary/aromatic N) is 2. The third kappa shape index (κ3) is 2.91. The zero-order chi connectivity index (χ0) is 18.3. The van der Waals surface area contributed by atoms with Gasteiger partial charge in [0.1, 0.15) is 0 Å². The molecular weight excluding hydrogens is 372 g/mol. The van der Waals surface area contributed by atoms with Crippen molar-refractivity contribution in [3.63, 3.8) is 0 Å². The molecule has 0 saturated heterocycles. The number of benzene rings is 2. The second-order valence-corrected chi connectivity index (χ2v) is 7.40. The van der Waals surface area contributed by atoms with Crippen LogP contribution in [0.15, 0.2) is 52.6 Å². The molecule has 0 fully saturated rings. The van der Waals surface area contributed by atoms with Crippen LogP contribution in [0.2, 0.25) is 5.02 Å². The number of carboxylic acids is 1. The maximum absolute atomic E-state index is 12.9. The van der Waals surface area contributed by atoms with Crippen LogP contribution in [0.25, 0.3) is 21.1 Å². The fourth-order valence-electron chi connectivity index (χ4n) is 3.20. The Morgan fingerprint density at radius 1 is 1.12 bits per heavy atom. The Kier molecular flexibility index (Phi) is 4.30. The standard InChI is InChI=1S/C19H15ClN2O3S/c20-13-5-6-17-14(9-13)12(11-26-17)10-22-16-4-2-1-3-15(16)21(19(22)25)8-7-18(23)24/h1-6,9,11H,7-8,10H2,(H,23,24). The highest BCUT2D eigenvalue weighted by Crippen LogP contribution is 2.29. The molecule has 0 aliphatic rings. The van der Waals surface area contributed by atoms with Crippen molar-refractivity contribution in [3.05, 3.63) is 68.9 Å². The van der Waals surface area contributed by atoms with Gasteiger partial charge in [-0.1, -0.05) is 23.7 Å². The van der Waals surface area contributed by atoms with Gasteiger partial charge in [0.05, 0.1) is 24.0 Å². The Bertz CT molecular complexity index is 1190. The number of thiophene rings is 1. The largest absolute Gasteiger partial charge is 0.481 e. The minimum Gasteiger partial charge on any atom is -0.481 e. The first kappa shape index (κ1) is 16.9. The molecule has 0 unspecified atom stereocenters. The van der Waals surface area contributed by atoms with Gasteiger partial charge in [0, 0.05) is 16.3 Å². The summed E-state index contributed by atoms with van der Waals surface area (Å²) >= 11 is 7.74. The lowest BCUT2D eigenvalue weighted by atomic mass is 10.2. The van der Waals surface area contributed by atoms with Gasteiger partial charge in [-0.05, 0) is 46.7 Å². The van der Waals surface area contributed by atoms with Gasteiger partial charge in [0.15, 0.2) is 0 Å². The second-order valence-electron chi connectivity index (χ2n) is 6.05. The number of fused-ring (bicyclic) bond motifs is 2. The molecular formula is C19H15ClN2O3S. The minimum absolute atomic E-state index is 0.0924. The van der Waals surface area contributed by atoms with Crippen LogP contribution in [0, 0.1) is 0 Å². The molecule has 0 amide bonds. The van der Waals surface area contributed by atoms with E-state index in [1.807, 2.05) is 47.8 Å². The van der Waals surface area contributed by atoms with Crippen molar-refractivity contribution in [1.29, 1.82) is 0 Å². The van der Waals surface area contributed by atoms with Crippen LogP contribution in [0.4, 0.5) is 0 Å². The average Bonchev–Trinajstić information content (AvgIpc) is 3.13. The van der Waals surface area contributed by atoms with Crippen LogP contribution in [0.5, 0.6) is 0 Å². The molecule has 2 aromatic heterocycles. The van der Waals surface area contributed by atoms with E-state index in [9.17, 15) is 9.59 Å². The number of hydrogen-bond donors (Lipinski definition) is 1. The number of hydrogen-bond acceptors (Lipinski definition) is 3. The molecule has 2 aromatic carbocycles. The third-order valence-corrected chi connectivity index (χ3v) is 5.67. The van der Waals surface area contributed by atoms with E-state index in [0.717, 1.165) is 26.7 Å². The Hall–Kier alpha value is -2.57. The Labute approximate surface area is 157 Å². The molecule has 0 aliphatic carbocycles. The van der Waals surface area contributed by atoms with Crippen molar-refractivity contribution in [1.82, 2.24) is 9.13 Å². The first-order chi connectivity index (χ1) is 12.5. The Morgan fingerprint density at radius 2 is 1.85 bits per heavy atom. The van der Waals surface area contributed by atoms with Crippen molar-refractivity contribution < 1.29 is 9.90 Å². The lowest BCUT2D eigenvalue weighted by Crippen LogP contribution is -2.25. The summed E-state index contributed by atoms with van der Waals surface area (Å²) in [6, 6.07) is 13.2. The summed E-state index contributed by atoms with van der Waals surface area (Å²) in [5, 5.41) is 12.7. The van der Waals surface area contributed by atoms with Crippen LogP contribution >= 0.6 is 22.9 Å². The molecule has 2 heterocycles. The number of imidazole rings is 1.